The molecule has 2 aromatic carbocycles. The van der Waals surface area contributed by atoms with E-state index in [-0.39, 0.29) is 12.5 Å². The molecule has 1 atom stereocenters. The minimum Gasteiger partial charge on any atom is -0.480 e. The first kappa shape index (κ1) is 19.5. The van der Waals surface area contributed by atoms with Gasteiger partial charge in [0.25, 0.3) is 0 Å². The van der Waals surface area contributed by atoms with Gasteiger partial charge in [-0.25, -0.2) is 9.59 Å². The van der Waals surface area contributed by atoms with Crippen molar-refractivity contribution in [2.75, 3.05) is 13.7 Å². The normalized spacial score (nSPS) is 16.9. The number of rotatable bonds is 6. The van der Waals surface area contributed by atoms with Crippen molar-refractivity contribution in [2.45, 2.75) is 44.1 Å². The van der Waals surface area contributed by atoms with Crippen molar-refractivity contribution in [1.29, 1.82) is 0 Å². The molecule has 0 radical (unpaired) electrons. The van der Waals surface area contributed by atoms with Gasteiger partial charge in [0, 0.05) is 13.0 Å². The second-order valence-corrected chi connectivity index (χ2v) is 8.16. The lowest BCUT2D eigenvalue weighted by Gasteiger charge is -2.27. The Kier molecular flexibility index (Phi) is 5.56. The summed E-state index contributed by atoms with van der Waals surface area (Å²) >= 11 is 0. The maximum absolute atomic E-state index is 12.7. The summed E-state index contributed by atoms with van der Waals surface area (Å²) in [4.78, 5) is 25.7. The van der Waals surface area contributed by atoms with Gasteiger partial charge in [-0.15, -0.1) is 0 Å². The van der Waals surface area contributed by atoms with Crippen LogP contribution in [0.25, 0.3) is 11.1 Å². The number of nitrogens with zero attached hydrogens (tertiary/aromatic N) is 1. The van der Waals surface area contributed by atoms with Crippen LogP contribution in [0.15, 0.2) is 48.5 Å². The molecule has 0 saturated heterocycles. The number of fused-ring (bicyclic) bond motifs is 3. The number of carbonyl (C=O) groups excluding carboxylic acids is 1. The van der Waals surface area contributed by atoms with Crippen LogP contribution in [0.5, 0.6) is 0 Å². The maximum atomic E-state index is 12.7. The Bertz CT molecular complexity index is 858. The van der Waals surface area contributed by atoms with Crippen LogP contribution in [0, 0.1) is 5.92 Å². The van der Waals surface area contributed by atoms with Crippen LogP contribution in [0.3, 0.4) is 0 Å². The summed E-state index contributed by atoms with van der Waals surface area (Å²) in [6, 6.07) is 15.5. The van der Waals surface area contributed by atoms with Crippen molar-refractivity contribution >= 4 is 12.1 Å². The second kappa shape index (κ2) is 8.27. The molecule has 5 heteroatoms. The molecule has 2 aliphatic rings. The molecule has 1 saturated carbocycles. The van der Waals surface area contributed by atoms with E-state index in [0.29, 0.717) is 12.3 Å². The molecule has 0 bridgehead atoms. The highest BCUT2D eigenvalue weighted by molar-refractivity contribution is 5.81. The van der Waals surface area contributed by atoms with E-state index in [2.05, 4.69) is 24.3 Å². The number of aliphatic carboxylic acids is 1. The van der Waals surface area contributed by atoms with Gasteiger partial charge >= 0.3 is 12.1 Å². The van der Waals surface area contributed by atoms with E-state index in [1.54, 1.807) is 0 Å². The molecule has 0 heterocycles. The molecule has 0 aromatic heterocycles. The van der Waals surface area contributed by atoms with Crippen LogP contribution in [0.1, 0.15) is 49.1 Å². The first-order chi connectivity index (χ1) is 14.1. The van der Waals surface area contributed by atoms with Gasteiger partial charge in [0.2, 0.25) is 0 Å². The Morgan fingerprint density at radius 1 is 1.03 bits per heavy atom. The first-order valence-electron chi connectivity index (χ1n) is 10.4. The summed E-state index contributed by atoms with van der Waals surface area (Å²) in [5.41, 5.74) is 4.62. The van der Waals surface area contributed by atoms with Crippen LogP contribution >= 0.6 is 0 Å². The minimum atomic E-state index is -0.965. The smallest absolute Gasteiger partial charge is 0.410 e. The van der Waals surface area contributed by atoms with Crippen molar-refractivity contribution in [1.82, 2.24) is 4.90 Å². The fourth-order valence-electron chi connectivity index (χ4n) is 4.81. The van der Waals surface area contributed by atoms with E-state index >= 15 is 0 Å². The van der Waals surface area contributed by atoms with Crippen molar-refractivity contribution in [2.24, 2.45) is 5.92 Å². The first-order valence-corrected chi connectivity index (χ1v) is 10.4. The van der Waals surface area contributed by atoms with Gasteiger partial charge in [0.1, 0.15) is 12.6 Å². The van der Waals surface area contributed by atoms with Gasteiger partial charge in [-0.1, -0.05) is 74.2 Å². The molecule has 5 nitrogen and oxygen atoms in total. The molecule has 2 aliphatic carbocycles. The maximum Gasteiger partial charge on any atom is 0.410 e. The van der Waals surface area contributed by atoms with E-state index in [1.165, 1.54) is 23.1 Å². The average molecular weight is 393 g/mol. The van der Waals surface area contributed by atoms with Crippen molar-refractivity contribution in [3.63, 3.8) is 0 Å². The Morgan fingerprint density at radius 3 is 2.14 bits per heavy atom. The van der Waals surface area contributed by atoms with E-state index in [0.717, 1.165) is 36.8 Å². The zero-order valence-corrected chi connectivity index (χ0v) is 16.7. The Morgan fingerprint density at radius 2 is 1.59 bits per heavy atom. The number of likely N-dealkylation sites (N-methyl/N-ethyl adjacent to an activating group) is 1. The lowest BCUT2D eigenvalue weighted by molar-refractivity contribution is -0.143. The van der Waals surface area contributed by atoms with Crippen LogP contribution in [0.4, 0.5) is 4.79 Å². The van der Waals surface area contributed by atoms with Gasteiger partial charge < -0.3 is 9.84 Å². The third-order valence-corrected chi connectivity index (χ3v) is 6.41. The standard InChI is InChI=1S/C24H27NO4/c1-25(22(23(26)27)14-16-8-2-3-9-16)24(28)29-15-21-19-12-6-4-10-17(19)18-11-5-7-13-20(18)21/h4-7,10-13,16,21-22H,2-3,8-9,14-15H2,1H3,(H,26,27)/t22-/m0/s1. The molecule has 29 heavy (non-hydrogen) atoms. The molecule has 1 fully saturated rings. The van der Waals surface area contributed by atoms with Crippen LogP contribution in [-0.4, -0.2) is 41.8 Å². The Hall–Kier alpha value is -2.82. The number of ether oxygens (including phenoxy) is 1. The van der Waals surface area contributed by atoms with E-state index in [4.69, 9.17) is 4.74 Å². The van der Waals surface area contributed by atoms with Gasteiger partial charge in [0.05, 0.1) is 0 Å². The largest absolute Gasteiger partial charge is 0.480 e. The number of hydrogen-bond donors (Lipinski definition) is 1. The summed E-state index contributed by atoms with van der Waals surface area (Å²) in [7, 11) is 1.53. The number of carboxylic acid groups (broad SMARTS) is 1. The summed E-state index contributed by atoms with van der Waals surface area (Å²) < 4.78 is 5.62. The van der Waals surface area contributed by atoms with Crippen LogP contribution < -0.4 is 0 Å². The number of carboxylic acids is 1. The highest BCUT2D eigenvalue weighted by Crippen LogP contribution is 2.44. The molecule has 1 amide bonds. The average Bonchev–Trinajstić information content (AvgIpc) is 3.36. The second-order valence-electron chi connectivity index (χ2n) is 8.16. The predicted octanol–water partition coefficient (Wildman–Crippen LogP) is 4.90. The molecule has 1 N–H and O–H groups in total. The zero-order valence-electron chi connectivity index (χ0n) is 16.7. The number of carbonyl (C=O) groups is 2. The molecule has 0 unspecified atom stereocenters. The number of hydrogen-bond acceptors (Lipinski definition) is 3. The Balaban J connectivity index is 1.45. The highest BCUT2D eigenvalue weighted by Gasteiger charge is 2.33. The van der Waals surface area contributed by atoms with Gasteiger partial charge in [-0.05, 0) is 34.6 Å². The van der Waals surface area contributed by atoms with Gasteiger partial charge in [0.15, 0.2) is 0 Å². The monoisotopic (exact) mass is 393 g/mol. The van der Waals surface area contributed by atoms with Crippen molar-refractivity contribution < 1.29 is 19.4 Å². The molecular weight excluding hydrogens is 366 g/mol. The zero-order chi connectivity index (χ0) is 20.4. The molecule has 0 aliphatic heterocycles. The summed E-state index contributed by atoms with van der Waals surface area (Å²) in [5, 5.41) is 9.64. The SMILES string of the molecule is CN(C(=O)OCC1c2ccccc2-c2ccccc21)[C@@H](CC1CCCC1)C(=O)O. The van der Waals surface area contributed by atoms with E-state index in [9.17, 15) is 14.7 Å². The summed E-state index contributed by atoms with van der Waals surface area (Å²) in [6.45, 7) is 0.201. The quantitative estimate of drug-likeness (QED) is 0.758. The lowest BCUT2D eigenvalue weighted by Crippen LogP contribution is -2.44. The van der Waals surface area contributed by atoms with Gasteiger partial charge in [-0.3, -0.25) is 4.90 Å². The van der Waals surface area contributed by atoms with Crippen LogP contribution in [0.2, 0.25) is 0 Å². The highest BCUT2D eigenvalue weighted by atomic mass is 16.6. The van der Waals surface area contributed by atoms with Crippen molar-refractivity contribution in [3.05, 3.63) is 59.7 Å². The third-order valence-electron chi connectivity index (χ3n) is 6.41. The van der Waals surface area contributed by atoms with E-state index < -0.39 is 18.1 Å². The molecule has 0 spiro atoms. The molecule has 152 valence electrons. The van der Waals surface area contributed by atoms with Crippen LogP contribution in [-0.2, 0) is 9.53 Å². The molecule has 4 rings (SSSR count). The van der Waals surface area contributed by atoms with Crippen molar-refractivity contribution in [3.8, 4) is 11.1 Å². The topological polar surface area (TPSA) is 66.8 Å². The summed E-state index contributed by atoms with van der Waals surface area (Å²) in [6.07, 6.45) is 4.30. The number of amides is 1. The predicted molar refractivity (Wildman–Crippen MR) is 111 cm³/mol. The third kappa shape index (κ3) is 3.86. The molecular formula is C24H27NO4. The fraction of sp³-hybridized carbons (Fsp3) is 0.417. The van der Waals surface area contributed by atoms with E-state index in [1.807, 2.05) is 24.3 Å². The fourth-order valence-corrected chi connectivity index (χ4v) is 4.81. The Labute approximate surface area is 171 Å². The summed E-state index contributed by atoms with van der Waals surface area (Å²) in [5.74, 6) is -0.620. The minimum absolute atomic E-state index is 0.0298. The lowest BCUT2D eigenvalue weighted by atomic mass is 9.97. The van der Waals surface area contributed by atoms with Gasteiger partial charge in [-0.2, -0.15) is 0 Å². The molecule has 2 aromatic rings. The number of benzene rings is 2.